The van der Waals surface area contributed by atoms with Gasteiger partial charge >= 0.3 is 0 Å². The number of aromatic nitrogens is 1. The van der Waals surface area contributed by atoms with Crippen molar-refractivity contribution >= 4 is 5.91 Å². The van der Waals surface area contributed by atoms with Gasteiger partial charge in [-0.15, -0.1) is 0 Å². The maximum absolute atomic E-state index is 11.9. The number of benzene rings is 1. The fraction of sp³-hybridized carbons (Fsp3) is 0.200. The van der Waals surface area contributed by atoms with Gasteiger partial charge < -0.3 is 15.0 Å². The molecule has 2 N–H and O–H groups in total. The second-order valence-corrected chi connectivity index (χ2v) is 4.53. The number of pyridine rings is 1. The molecule has 2 rings (SSSR count). The third-order valence-electron chi connectivity index (χ3n) is 2.99. The van der Waals surface area contributed by atoms with Gasteiger partial charge in [0.15, 0.2) is 0 Å². The molecular weight excluding hydrogens is 256 g/mol. The van der Waals surface area contributed by atoms with E-state index in [1.807, 2.05) is 24.3 Å². The molecule has 20 heavy (non-hydrogen) atoms. The lowest BCUT2D eigenvalue weighted by Gasteiger charge is -2.07. The first kappa shape index (κ1) is 14.0. The first-order valence-corrected chi connectivity index (χ1v) is 6.23. The lowest BCUT2D eigenvalue weighted by Crippen LogP contribution is -2.25. The van der Waals surface area contributed by atoms with E-state index in [0.717, 1.165) is 11.1 Å². The van der Waals surface area contributed by atoms with Crippen molar-refractivity contribution in [2.24, 2.45) is 7.05 Å². The minimum absolute atomic E-state index is 0.0312. The molecule has 1 aromatic carbocycles. The number of hydrogen-bond acceptors (Lipinski definition) is 3. The molecule has 0 saturated heterocycles. The van der Waals surface area contributed by atoms with Gasteiger partial charge in [0, 0.05) is 31.4 Å². The van der Waals surface area contributed by atoms with Crippen LogP contribution >= 0.6 is 0 Å². The summed E-state index contributed by atoms with van der Waals surface area (Å²) in [5, 5.41) is 11.8. The van der Waals surface area contributed by atoms with Gasteiger partial charge in [0.1, 0.15) is 0 Å². The van der Waals surface area contributed by atoms with Crippen LogP contribution in [0.25, 0.3) is 0 Å². The molecule has 0 aliphatic carbocycles. The zero-order valence-corrected chi connectivity index (χ0v) is 11.2. The summed E-state index contributed by atoms with van der Waals surface area (Å²) in [5.74, 6) is -0.294. The smallest absolute Gasteiger partial charge is 0.251 e. The predicted molar refractivity (Wildman–Crippen MR) is 75.2 cm³/mol. The summed E-state index contributed by atoms with van der Waals surface area (Å²) in [6.45, 7) is 0.318. The third kappa shape index (κ3) is 3.33. The van der Waals surface area contributed by atoms with E-state index in [9.17, 15) is 9.59 Å². The number of amides is 1. The molecular formula is C15H16N2O3. The Morgan fingerprint density at radius 2 is 2.00 bits per heavy atom. The molecule has 0 aliphatic heterocycles. The maximum atomic E-state index is 11.9. The lowest BCUT2D eigenvalue weighted by molar-refractivity contribution is 0.0950. The fourth-order valence-electron chi connectivity index (χ4n) is 1.81. The summed E-state index contributed by atoms with van der Waals surface area (Å²) in [6, 6.07) is 10.2. The second kappa shape index (κ2) is 6.16. The molecule has 104 valence electrons. The van der Waals surface area contributed by atoms with Gasteiger partial charge in [0.25, 0.3) is 11.5 Å². The van der Waals surface area contributed by atoms with Crippen molar-refractivity contribution in [1.29, 1.82) is 0 Å². The van der Waals surface area contributed by atoms with Crippen molar-refractivity contribution in [2.75, 3.05) is 0 Å². The molecule has 0 radical (unpaired) electrons. The van der Waals surface area contributed by atoms with Gasteiger partial charge in [0.05, 0.1) is 6.61 Å². The molecule has 1 amide bonds. The Balaban J connectivity index is 2.04. The molecule has 0 saturated carbocycles. The van der Waals surface area contributed by atoms with Crippen LogP contribution < -0.4 is 10.9 Å². The van der Waals surface area contributed by atoms with E-state index in [1.165, 1.54) is 10.6 Å². The summed E-state index contributed by atoms with van der Waals surface area (Å²) in [6.07, 6.45) is 1.56. The number of nitrogens with one attached hydrogen (secondary N) is 1. The number of nitrogens with zero attached hydrogens (tertiary/aromatic N) is 1. The van der Waals surface area contributed by atoms with Crippen molar-refractivity contribution in [3.63, 3.8) is 0 Å². The van der Waals surface area contributed by atoms with Crippen LogP contribution in [0.4, 0.5) is 0 Å². The molecule has 1 aromatic heterocycles. The lowest BCUT2D eigenvalue weighted by atomic mass is 10.1. The average Bonchev–Trinajstić information content (AvgIpc) is 2.47. The maximum Gasteiger partial charge on any atom is 0.251 e. The number of rotatable bonds is 4. The Labute approximate surface area is 116 Å². The van der Waals surface area contributed by atoms with Crippen LogP contribution in [0.2, 0.25) is 0 Å². The molecule has 1 heterocycles. The standard InChI is InChI=1S/C15H16N2O3/c1-17-6-5-13(8-14(17)19)15(20)16-9-11-3-2-4-12(7-11)10-18/h2-8,18H,9-10H2,1H3,(H,16,20). The minimum Gasteiger partial charge on any atom is -0.392 e. The molecule has 0 atom stereocenters. The molecule has 0 bridgehead atoms. The Kier molecular flexibility index (Phi) is 4.32. The molecule has 0 unspecified atom stereocenters. The van der Waals surface area contributed by atoms with Gasteiger partial charge in [-0.2, -0.15) is 0 Å². The largest absolute Gasteiger partial charge is 0.392 e. The third-order valence-corrected chi connectivity index (χ3v) is 2.99. The molecule has 5 heteroatoms. The van der Waals surface area contributed by atoms with E-state index in [2.05, 4.69) is 5.32 Å². The number of carbonyl (C=O) groups excluding carboxylic acids is 1. The zero-order chi connectivity index (χ0) is 14.5. The van der Waals surface area contributed by atoms with Crippen molar-refractivity contribution in [1.82, 2.24) is 9.88 Å². The van der Waals surface area contributed by atoms with Crippen molar-refractivity contribution in [3.05, 3.63) is 69.6 Å². The second-order valence-electron chi connectivity index (χ2n) is 4.53. The summed E-state index contributed by atoms with van der Waals surface area (Å²) >= 11 is 0. The fourth-order valence-corrected chi connectivity index (χ4v) is 1.81. The van der Waals surface area contributed by atoms with E-state index in [0.29, 0.717) is 12.1 Å². The van der Waals surface area contributed by atoms with E-state index in [-0.39, 0.29) is 18.1 Å². The number of carbonyl (C=O) groups is 1. The molecule has 0 spiro atoms. The Hall–Kier alpha value is -2.40. The average molecular weight is 272 g/mol. The highest BCUT2D eigenvalue weighted by Crippen LogP contribution is 2.05. The van der Waals surface area contributed by atoms with E-state index in [4.69, 9.17) is 5.11 Å². The normalized spacial score (nSPS) is 10.3. The first-order valence-electron chi connectivity index (χ1n) is 6.23. The number of aryl methyl sites for hydroxylation is 1. The topological polar surface area (TPSA) is 71.3 Å². The van der Waals surface area contributed by atoms with E-state index >= 15 is 0 Å². The molecule has 5 nitrogen and oxygen atoms in total. The van der Waals surface area contributed by atoms with Gasteiger partial charge in [-0.1, -0.05) is 24.3 Å². The van der Waals surface area contributed by atoms with Crippen molar-refractivity contribution < 1.29 is 9.90 Å². The Morgan fingerprint density at radius 1 is 1.25 bits per heavy atom. The van der Waals surface area contributed by atoms with Gasteiger partial charge in [-0.25, -0.2) is 0 Å². The van der Waals surface area contributed by atoms with Crippen LogP contribution in [0.5, 0.6) is 0 Å². The Morgan fingerprint density at radius 3 is 2.70 bits per heavy atom. The molecule has 0 aliphatic rings. The van der Waals surface area contributed by atoms with Crippen LogP contribution in [-0.2, 0) is 20.2 Å². The van der Waals surface area contributed by atoms with E-state index in [1.54, 1.807) is 19.3 Å². The van der Waals surface area contributed by atoms with Crippen LogP contribution in [-0.4, -0.2) is 15.6 Å². The van der Waals surface area contributed by atoms with Gasteiger partial charge in [-0.05, 0) is 17.2 Å². The van der Waals surface area contributed by atoms with Gasteiger partial charge in [0.2, 0.25) is 0 Å². The number of hydrogen-bond donors (Lipinski definition) is 2. The monoisotopic (exact) mass is 272 g/mol. The van der Waals surface area contributed by atoms with Crippen molar-refractivity contribution in [3.8, 4) is 0 Å². The summed E-state index contributed by atoms with van der Waals surface area (Å²) in [7, 11) is 1.63. The van der Waals surface area contributed by atoms with Crippen LogP contribution in [0.15, 0.2) is 47.4 Å². The molecule has 2 aromatic rings. The van der Waals surface area contributed by atoms with Crippen LogP contribution in [0, 0.1) is 0 Å². The Bertz CT molecular complexity index is 677. The summed E-state index contributed by atoms with van der Waals surface area (Å²) < 4.78 is 1.40. The minimum atomic E-state index is -0.294. The quantitative estimate of drug-likeness (QED) is 0.865. The van der Waals surface area contributed by atoms with Crippen LogP contribution in [0.1, 0.15) is 21.5 Å². The van der Waals surface area contributed by atoms with Crippen LogP contribution in [0.3, 0.4) is 0 Å². The summed E-state index contributed by atoms with van der Waals surface area (Å²) in [4.78, 5) is 23.4. The SMILES string of the molecule is Cn1ccc(C(=O)NCc2cccc(CO)c2)cc1=O. The van der Waals surface area contributed by atoms with Gasteiger partial charge in [-0.3, -0.25) is 9.59 Å². The zero-order valence-electron chi connectivity index (χ0n) is 11.2. The highest BCUT2D eigenvalue weighted by molar-refractivity contribution is 5.93. The highest BCUT2D eigenvalue weighted by Gasteiger charge is 2.06. The van der Waals surface area contributed by atoms with Crippen molar-refractivity contribution in [2.45, 2.75) is 13.2 Å². The highest BCUT2D eigenvalue weighted by atomic mass is 16.3. The molecule has 0 fully saturated rings. The summed E-state index contributed by atoms with van der Waals surface area (Å²) in [5.41, 5.74) is 1.81. The first-order chi connectivity index (χ1) is 9.60. The number of aliphatic hydroxyl groups excluding tert-OH is 1. The number of aliphatic hydroxyl groups is 1. The van der Waals surface area contributed by atoms with E-state index < -0.39 is 0 Å². The predicted octanol–water partition coefficient (Wildman–Crippen LogP) is 0.808.